The molecule has 3 aromatic heterocycles. The van der Waals surface area contributed by atoms with Gasteiger partial charge in [0, 0.05) is 38.0 Å². The van der Waals surface area contributed by atoms with Gasteiger partial charge in [-0.3, -0.25) is 4.57 Å². The first-order valence-electron chi connectivity index (χ1n) is 11.6. The molecule has 1 aliphatic rings. The quantitative estimate of drug-likeness (QED) is 0.509. The van der Waals surface area contributed by atoms with E-state index in [0.717, 1.165) is 12.8 Å². The molecule has 4 heterocycles. The van der Waals surface area contributed by atoms with Crippen LogP contribution in [0.25, 0.3) is 15.9 Å². The van der Waals surface area contributed by atoms with E-state index in [9.17, 15) is 4.79 Å². The van der Waals surface area contributed by atoms with Crippen molar-refractivity contribution < 1.29 is 9.47 Å². The van der Waals surface area contributed by atoms with Gasteiger partial charge in [0.05, 0.1) is 17.8 Å². The van der Waals surface area contributed by atoms with E-state index in [1.807, 2.05) is 26.0 Å². The molecule has 3 atom stereocenters. The Balaban J connectivity index is 1.61. The van der Waals surface area contributed by atoms with Crippen LogP contribution in [0.4, 0.5) is 11.6 Å². The Labute approximate surface area is 199 Å². The smallest absolute Gasteiger partial charge is 0.350 e. The summed E-state index contributed by atoms with van der Waals surface area (Å²) in [7, 11) is 1.67. The van der Waals surface area contributed by atoms with Crippen LogP contribution >= 0.6 is 0 Å². The minimum absolute atomic E-state index is 0.0230. The van der Waals surface area contributed by atoms with E-state index in [4.69, 9.17) is 16.0 Å². The van der Waals surface area contributed by atoms with Crippen molar-refractivity contribution in [2.45, 2.75) is 58.8 Å². The van der Waals surface area contributed by atoms with Crippen molar-refractivity contribution in [1.82, 2.24) is 19.5 Å². The minimum atomic E-state index is -0.341. The van der Waals surface area contributed by atoms with Gasteiger partial charge < -0.3 is 19.2 Å². The van der Waals surface area contributed by atoms with Crippen LogP contribution in [-0.2, 0) is 7.05 Å². The first-order valence-corrected chi connectivity index (χ1v) is 11.6. The van der Waals surface area contributed by atoms with Crippen LogP contribution in [0.5, 0.6) is 11.6 Å². The van der Waals surface area contributed by atoms with Crippen LogP contribution in [0.1, 0.15) is 40.5 Å². The summed E-state index contributed by atoms with van der Waals surface area (Å²) in [5, 5.41) is 0. The Hall–Kier alpha value is -3.67. The van der Waals surface area contributed by atoms with Gasteiger partial charge in [-0.25, -0.2) is 9.78 Å². The molecular weight excluding hydrogens is 432 g/mol. The van der Waals surface area contributed by atoms with Crippen molar-refractivity contribution in [2.75, 3.05) is 11.4 Å². The number of hydrogen-bond donors (Lipinski definition) is 0. The van der Waals surface area contributed by atoms with Gasteiger partial charge in [-0.1, -0.05) is 13.5 Å². The van der Waals surface area contributed by atoms with Crippen LogP contribution in [0, 0.1) is 12.5 Å². The third-order valence-electron chi connectivity index (χ3n) is 6.25. The normalized spacial score (nSPS) is 20.4. The molecule has 178 valence electrons. The van der Waals surface area contributed by atoms with Crippen LogP contribution < -0.4 is 20.1 Å². The summed E-state index contributed by atoms with van der Waals surface area (Å²) in [6, 6.07) is 7.16. The average Bonchev–Trinajstić information content (AvgIpc) is 2.82. The van der Waals surface area contributed by atoms with Crippen LogP contribution in [0.15, 0.2) is 35.3 Å². The second-order valence-corrected chi connectivity index (χ2v) is 8.99. The van der Waals surface area contributed by atoms with Gasteiger partial charge in [-0.05, 0) is 45.4 Å². The van der Waals surface area contributed by atoms with Gasteiger partial charge in [-0.15, -0.1) is 4.98 Å². The number of fused-ring (bicyclic) bond motifs is 1. The molecule has 0 aliphatic carbocycles. The molecule has 0 N–H and O–H groups in total. The topological polar surface area (TPSA) is 86.7 Å². The maximum atomic E-state index is 12.6. The summed E-state index contributed by atoms with van der Waals surface area (Å²) in [5.74, 6) is 2.30. The van der Waals surface area contributed by atoms with E-state index in [1.54, 1.807) is 25.4 Å². The lowest BCUT2D eigenvalue weighted by atomic mass is 9.88. The number of ether oxygens (including phenoxy) is 2. The summed E-state index contributed by atoms with van der Waals surface area (Å²) >= 11 is 0. The van der Waals surface area contributed by atoms with Gasteiger partial charge in [-0.2, -0.15) is 4.98 Å². The van der Waals surface area contributed by atoms with Gasteiger partial charge in [0.15, 0.2) is 5.82 Å². The SMILES string of the molecule is [C-]#[N+]c1ccc2c(n1)c(N1C[C@@H](CC)[C@H](Oc3ccc(OC(C)C)cn3)C[C@H]1C)nc(=O)n2C. The standard InChI is InChI=1S/C25H30N6O3/c1-7-17-14-31(24-23-19(30(6)25(32)29-24)9-10-21(26-5)28-23)16(4)12-20(17)34-22-11-8-18(13-27-22)33-15(2)3/h8-11,13,15-17,20H,7,12,14H2,1-4,6H3/t16-,17-,20-/m1/s1. The zero-order chi connectivity index (χ0) is 24.4. The molecule has 0 aromatic carbocycles. The Bertz CT molecular complexity index is 1260. The Kier molecular flexibility index (Phi) is 6.68. The lowest BCUT2D eigenvalue weighted by molar-refractivity contribution is 0.0908. The summed E-state index contributed by atoms with van der Waals surface area (Å²) in [5.41, 5.74) is 0.888. The van der Waals surface area contributed by atoms with Crippen LogP contribution in [0.2, 0.25) is 0 Å². The first kappa shape index (κ1) is 23.5. The molecule has 1 aliphatic heterocycles. The predicted molar refractivity (Wildman–Crippen MR) is 131 cm³/mol. The highest BCUT2D eigenvalue weighted by atomic mass is 16.5. The molecule has 0 unspecified atom stereocenters. The summed E-state index contributed by atoms with van der Waals surface area (Å²) in [6.07, 6.45) is 3.39. The minimum Gasteiger partial charge on any atom is -0.489 e. The van der Waals surface area contributed by atoms with Crippen molar-refractivity contribution in [3.8, 4) is 11.6 Å². The fraction of sp³-hybridized carbons (Fsp3) is 0.480. The number of aromatic nitrogens is 4. The molecule has 1 fully saturated rings. The molecule has 0 radical (unpaired) electrons. The number of anilines is 1. The predicted octanol–water partition coefficient (Wildman–Crippen LogP) is 4.13. The van der Waals surface area contributed by atoms with Crippen molar-refractivity contribution >= 4 is 22.7 Å². The number of nitrogens with zero attached hydrogens (tertiary/aromatic N) is 6. The fourth-order valence-electron chi connectivity index (χ4n) is 4.43. The fourth-order valence-corrected chi connectivity index (χ4v) is 4.43. The maximum Gasteiger partial charge on any atom is 0.350 e. The highest BCUT2D eigenvalue weighted by Crippen LogP contribution is 2.34. The average molecular weight is 463 g/mol. The molecular formula is C25H30N6O3. The van der Waals surface area contributed by atoms with E-state index >= 15 is 0 Å². The lowest BCUT2D eigenvalue weighted by Crippen LogP contribution is -2.51. The maximum absolute atomic E-state index is 12.6. The molecule has 0 spiro atoms. The highest BCUT2D eigenvalue weighted by Gasteiger charge is 2.36. The molecule has 4 rings (SSSR count). The van der Waals surface area contributed by atoms with Crippen molar-refractivity contribution in [3.05, 3.63) is 52.4 Å². The van der Waals surface area contributed by atoms with E-state index in [2.05, 4.69) is 38.5 Å². The third kappa shape index (κ3) is 4.67. The molecule has 3 aromatic rings. The van der Waals surface area contributed by atoms with Gasteiger partial charge in [0.25, 0.3) is 5.82 Å². The molecule has 0 saturated carbocycles. The van der Waals surface area contributed by atoms with Crippen LogP contribution in [-0.4, -0.2) is 44.3 Å². The van der Waals surface area contributed by atoms with Gasteiger partial charge >= 0.3 is 5.69 Å². The Morgan fingerprint density at radius 2 is 2.03 bits per heavy atom. The zero-order valence-electron chi connectivity index (χ0n) is 20.2. The van der Waals surface area contributed by atoms with Crippen molar-refractivity contribution in [3.63, 3.8) is 0 Å². The molecule has 0 amide bonds. The van der Waals surface area contributed by atoms with Gasteiger partial charge in [0.2, 0.25) is 11.4 Å². The molecule has 9 nitrogen and oxygen atoms in total. The van der Waals surface area contributed by atoms with Gasteiger partial charge in [0.1, 0.15) is 11.9 Å². The van der Waals surface area contributed by atoms with E-state index in [1.165, 1.54) is 4.57 Å². The molecule has 34 heavy (non-hydrogen) atoms. The molecule has 1 saturated heterocycles. The Morgan fingerprint density at radius 3 is 2.68 bits per heavy atom. The number of aryl methyl sites for hydroxylation is 1. The summed E-state index contributed by atoms with van der Waals surface area (Å²) in [6.45, 7) is 16.2. The largest absolute Gasteiger partial charge is 0.489 e. The number of piperidine rings is 1. The molecule has 9 heteroatoms. The third-order valence-corrected chi connectivity index (χ3v) is 6.25. The van der Waals surface area contributed by atoms with E-state index in [-0.39, 0.29) is 35.7 Å². The van der Waals surface area contributed by atoms with Crippen LogP contribution in [0.3, 0.4) is 0 Å². The zero-order valence-corrected chi connectivity index (χ0v) is 20.2. The highest BCUT2D eigenvalue weighted by molar-refractivity contribution is 5.87. The van der Waals surface area contributed by atoms with Crippen molar-refractivity contribution in [2.24, 2.45) is 13.0 Å². The monoisotopic (exact) mass is 462 g/mol. The second-order valence-electron chi connectivity index (χ2n) is 8.99. The number of hydrogen-bond acceptors (Lipinski definition) is 7. The number of rotatable bonds is 6. The lowest BCUT2D eigenvalue weighted by Gasteiger charge is -2.42. The van der Waals surface area contributed by atoms with E-state index < -0.39 is 0 Å². The summed E-state index contributed by atoms with van der Waals surface area (Å²) < 4.78 is 13.4. The summed E-state index contributed by atoms with van der Waals surface area (Å²) in [4.78, 5) is 31.5. The molecule has 0 bridgehead atoms. The van der Waals surface area contributed by atoms with Crippen molar-refractivity contribution in [1.29, 1.82) is 0 Å². The second kappa shape index (κ2) is 9.67. The van der Waals surface area contributed by atoms with E-state index in [0.29, 0.717) is 35.0 Å². The first-order chi connectivity index (χ1) is 16.3. The number of pyridine rings is 2. The Morgan fingerprint density at radius 1 is 1.24 bits per heavy atom.